The van der Waals surface area contributed by atoms with E-state index in [0.717, 1.165) is 30.3 Å². The number of nitrogens with zero attached hydrogens (tertiary/aromatic N) is 1. The Balaban J connectivity index is 2.21. The molecule has 0 amide bonds. The molecule has 0 saturated carbocycles. The lowest BCUT2D eigenvalue weighted by atomic mass is 10.2. The highest BCUT2D eigenvalue weighted by atomic mass is 19.1. The monoisotopic (exact) mass is 282 g/mol. The highest BCUT2D eigenvalue weighted by Gasteiger charge is 2.12. The van der Waals surface area contributed by atoms with Crippen molar-refractivity contribution in [2.75, 3.05) is 5.32 Å². The van der Waals surface area contributed by atoms with Crippen molar-refractivity contribution in [3.63, 3.8) is 0 Å². The molecule has 0 aliphatic heterocycles. The lowest BCUT2D eigenvalue weighted by molar-refractivity contribution is -0.385. The Bertz CT molecular complexity index is 642. The molecule has 0 spiro atoms. The maximum Gasteiger partial charge on any atom is 0.274 e. The number of nitro benzene ring substituents is 1. The number of hydrogen-bond acceptors (Lipinski definition) is 3. The molecule has 0 aliphatic rings. The van der Waals surface area contributed by atoms with Gasteiger partial charge < -0.3 is 5.32 Å². The summed E-state index contributed by atoms with van der Waals surface area (Å²) in [7, 11) is 0. The summed E-state index contributed by atoms with van der Waals surface area (Å²) in [6.45, 7) is -0.251. The summed E-state index contributed by atoms with van der Waals surface area (Å²) < 4.78 is 39.9. The van der Waals surface area contributed by atoms with Crippen LogP contribution in [0, 0.1) is 27.6 Å². The van der Waals surface area contributed by atoms with E-state index in [0.29, 0.717) is 0 Å². The second-order valence-electron chi connectivity index (χ2n) is 4.01. The molecule has 0 unspecified atom stereocenters. The Morgan fingerprint density at radius 1 is 1.10 bits per heavy atom. The van der Waals surface area contributed by atoms with Crippen LogP contribution in [0.5, 0.6) is 0 Å². The molecule has 0 radical (unpaired) electrons. The number of non-ortho nitro benzene ring substituents is 1. The number of benzene rings is 2. The first kappa shape index (κ1) is 13.9. The molecule has 0 atom stereocenters. The first-order valence-electron chi connectivity index (χ1n) is 5.59. The molecular formula is C13H9F3N2O2. The van der Waals surface area contributed by atoms with Crippen molar-refractivity contribution in [2.24, 2.45) is 0 Å². The minimum absolute atomic E-state index is 0.0688. The van der Waals surface area contributed by atoms with Gasteiger partial charge in [0.25, 0.3) is 5.69 Å². The molecule has 2 rings (SSSR count). The Morgan fingerprint density at radius 3 is 2.35 bits per heavy atom. The maximum atomic E-state index is 13.4. The molecule has 0 saturated heterocycles. The van der Waals surface area contributed by atoms with Gasteiger partial charge in [0.1, 0.15) is 17.5 Å². The van der Waals surface area contributed by atoms with E-state index in [-0.39, 0.29) is 17.8 Å². The normalized spacial score (nSPS) is 10.3. The highest BCUT2D eigenvalue weighted by molar-refractivity contribution is 5.51. The van der Waals surface area contributed by atoms with Gasteiger partial charge in [-0.25, -0.2) is 13.2 Å². The predicted octanol–water partition coefficient (Wildman–Crippen LogP) is 3.62. The zero-order valence-electron chi connectivity index (χ0n) is 10.1. The van der Waals surface area contributed by atoms with E-state index >= 15 is 0 Å². The molecule has 104 valence electrons. The largest absolute Gasteiger partial charge is 0.380 e. The maximum absolute atomic E-state index is 13.4. The number of hydrogen-bond donors (Lipinski definition) is 1. The topological polar surface area (TPSA) is 55.2 Å². The van der Waals surface area contributed by atoms with Gasteiger partial charge in [0.2, 0.25) is 0 Å². The average molecular weight is 282 g/mol. The fourth-order valence-corrected chi connectivity index (χ4v) is 1.67. The third-order valence-electron chi connectivity index (χ3n) is 2.62. The Morgan fingerprint density at radius 2 is 1.75 bits per heavy atom. The Labute approximate surface area is 112 Å². The van der Waals surface area contributed by atoms with Gasteiger partial charge >= 0.3 is 0 Å². The van der Waals surface area contributed by atoms with Crippen molar-refractivity contribution >= 4 is 11.4 Å². The van der Waals surface area contributed by atoms with Crippen molar-refractivity contribution in [1.82, 2.24) is 0 Å². The van der Waals surface area contributed by atoms with E-state index in [1.165, 1.54) is 6.07 Å². The fraction of sp³-hybridized carbons (Fsp3) is 0.0769. The van der Waals surface area contributed by atoms with Crippen LogP contribution in [-0.4, -0.2) is 4.92 Å². The van der Waals surface area contributed by atoms with E-state index in [1.54, 1.807) is 0 Å². The number of nitrogens with one attached hydrogen (secondary N) is 1. The van der Waals surface area contributed by atoms with Crippen LogP contribution in [0.15, 0.2) is 36.4 Å². The van der Waals surface area contributed by atoms with Gasteiger partial charge in [-0.15, -0.1) is 0 Å². The van der Waals surface area contributed by atoms with Crippen molar-refractivity contribution in [2.45, 2.75) is 6.54 Å². The van der Waals surface area contributed by atoms with Gasteiger partial charge in [-0.2, -0.15) is 0 Å². The minimum Gasteiger partial charge on any atom is -0.380 e. The number of rotatable bonds is 4. The quantitative estimate of drug-likeness (QED) is 0.688. The molecule has 0 bridgehead atoms. The zero-order chi connectivity index (χ0) is 14.7. The summed E-state index contributed by atoms with van der Waals surface area (Å²) in [5, 5.41) is 13.1. The van der Waals surface area contributed by atoms with E-state index in [1.807, 2.05) is 0 Å². The smallest absolute Gasteiger partial charge is 0.274 e. The van der Waals surface area contributed by atoms with E-state index in [2.05, 4.69) is 5.32 Å². The molecule has 7 heteroatoms. The number of halogens is 3. The molecule has 2 aromatic rings. The summed E-state index contributed by atoms with van der Waals surface area (Å²) in [5.41, 5.74) is -0.597. The SMILES string of the molecule is O=[N+]([O-])c1cc(F)cc(NCc2c(F)cccc2F)c1. The molecule has 1 N–H and O–H groups in total. The lowest BCUT2D eigenvalue weighted by Gasteiger charge is -2.08. The number of nitro groups is 1. The van der Waals surface area contributed by atoms with Gasteiger partial charge in [-0.1, -0.05) is 6.07 Å². The van der Waals surface area contributed by atoms with Crippen LogP contribution in [0.25, 0.3) is 0 Å². The van der Waals surface area contributed by atoms with Crippen LogP contribution in [0.3, 0.4) is 0 Å². The third kappa shape index (κ3) is 3.05. The number of anilines is 1. The summed E-state index contributed by atoms with van der Waals surface area (Å²) in [6, 6.07) is 6.26. The Hall–Kier alpha value is -2.57. The molecular weight excluding hydrogens is 273 g/mol. The summed E-state index contributed by atoms with van der Waals surface area (Å²) in [4.78, 5) is 9.83. The molecule has 0 heterocycles. The van der Waals surface area contributed by atoms with Crippen LogP contribution in [-0.2, 0) is 6.54 Å². The first-order valence-corrected chi connectivity index (χ1v) is 5.59. The van der Waals surface area contributed by atoms with Crippen LogP contribution < -0.4 is 5.32 Å². The van der Waals surface area contributed by atoms with Gasteiger partial charge in [-0.3, -0.25) is 10.1 Å². The van der Waals surface area contributed by atoms with Gasteiger partial charge in [0.05, 0.1) is 11.0 Å². The molecule has 0 aliphatic carbocycles. The molecule has 20 heavy (non-hydrogen) atoms. The fourth-order valence-electron chi connectivity index (χ4n) is 1.67. The second kappa shape index (κ2) is 5.60. The predicted molar refractivity (Wildman–Crippen MR) is 66.7 cm³/mol. The molecule has 0 fully saturated rings. The van der Waals surface area contributed by atoms with E-state index in [9.17, 15) is 23.3 Å². The van der Waals surface area contributed by atoms with Gasteiger partial charge in [0, 0.05) is 23.9 Å². The van der Waals surface area contributed by atoms with Crippen LogP contribution in [0.2, 0.25) is 0 Å². The summed E-state index contributed by atoms with van der Waals surface area (Å²) in [5.74, 6) is -2.30. The van der Waals surface area contributed by atoms with Gasteiger partial charge in [0.15, 0.2) is 0 Å². The van der Waals surface area contributed by atoms with E-state index in [4.69, 9.17) is 0 Å². The van der Waals surface area contributed by atoms with Crippen LogP contribution >= 0.6 is 0 Å². The van der Waals surface area contributed by atoms with Crippen LogP contribution in [0.1, 0.15) is 5.56 Å². The van der Waals surface area contributed by atoms with Gasteiger partial charge in [-0.05, 0) is 18.2 Å². The standard InChI is InChI=1S/C13H9F3N2O2/c14-8-4-9(6-10(5-8)18(19)20)17-7-11-12(15)2-1-3-13(11)16/h1-6,17H,7H2. The van der Waals surface area contributed by atoms with E-state index < -0.39 is 28.1 Å². The van der Waals surface area contributed by atoms with Crippen LogP contribution in [0.4, 0.5) is 24.5 Å². The molecule has 0 aromatic heterocycles. The highest BCUT2D eigenvalue weighted by Crippen LogP contribution is 2.21. The first-order chi connectivity index (χ1) is 9.47. The second-order valence-corrected chi connectivity index (χ2v) is 4.01. The third-order valence-corrected chi connectivity index (χ3v) is 2.62. The minimum atomic E-state index is -0.810. The van der Waals surface area contributed by atoms with Crippen molar-refractivity contribution < 1.29 is 18.1 Å². The Kier molecular flexibility index (Phi) is 3.88. The zero-order valence-corrected chi connectivity index (χ0v) is 10.1. The molecule has 2 aromatic carbocycles. The van der Waals surface area contributed by atoms with Crippen molar-refractivity contribution in [1.29, 1.82) is 0 Å². The lowest BCUT2D eigenvalue weighted by Crippen LogP contribution is -2.05. The summed E-state index contributed by atoms with van der Waals surface area (Å²) in [6.07, 6.45) is 0. The summed E-state index contributed by atoms with van der Waals surface area (Å²) >= 11 is 0. The van der Waals surface area contributed by atoms with Crippen molar-refractivity contribution in [3.8, 4) is 0 Å². The van der Waals surface area contributed by atoms with Crippen molar-refractivity contribution in [3.05, 3.63) is 69.5 Å². The molecule has 4 nitrogen and oxygen atoms in total. The average Bonchev–Trinajstić information content (AvgIpc) is 2.37.